The van der Waals surface area contributed by atoms with Gasteiger partial charge in [0.15, 0.2) is 11.3 Å². The number of hydrogen-bond donors (Lipinski definition) is 0. The Balaban J connectivity index is 1.83. The zero-order chi connectivity index (χ0) is 19.8. The molecule has 28 heavy (non-hydrogen) atoms. The van der Waals surface area contributed by atoms with Gasteiger partial charge in [-0.1, -0.05) is 28.1 Å². The number of aryl methyl sites for hydroxylation is 1. The largest absolute Gasteiger partial charge is 0.385 e. The lowest BCUT2D eigenvalue weighted by Crippen LogP contribution is -2.16. The minimum atomic E-state index is 0.258. The summed E-state index contributed by atoms with van der Waals surface area (Å²) in [6, 6.07) is 6.61. The van der Waals surface area contributed by atoms with Gasteiger partial charge in [0.25, 0.3) is 0 Å². The van der Waals surface area contributed by atoms with Gasteiger partial charge in [0.1, 0.15) is 0 Å². The zero-order valence-corrected chi connectivity index (χ0v) is 19.4. The van der Waals surface area contributed by atoms with Crippen LogP contribution in [0.2, 0.25) is 0 Å². The van der Waals surface area contributed by atoms with Gasteiger partial charge in [0.2, 0.25) is 0 Å². The Labute approximate surface area is 181 Å². The lowest BCUT2D eigenvalue weighted by molar-refractivity contribution is 0.175. The normalized spacial score (nSPS) is 14.7. The number of fused-ring (bicyclic) bond motifs is 2. The molecule has 3 heterocycles. The number of benzene rings is 1. The predicted molar refractivity (Wildman–Crippen MR) is 118 cm³/mol. The predicted octanol–water partition coefficient (Wildman–Crippen LogP) is 5.34. The fourth-order valence-electron chi connectivity index (χ4n) is 3.92. The number of rotatable bonds is 6. The van der Waals surface area contributed by atoms with Crippen molar-refractivity contribution in [1.29, 1.82) is 0 Å². The summed E-state index contributed by atoms with van der Waals surface area (Å²) in [5.41, 5.74) is 5.32. The van der Waals surface area contributed by atoms with Crippen molar-refractivity contribution < 1.29 is 4.74 Å². The summed E-state index contributed by atoms with van der Waals surface area (Å²) in [6.07, 6.45) is 2.86. The van der Waals surface area contributed by atoms with E-state index in [-0.39, 0.29) is 6.04 Å². The molecule has 0 bridgehead atoms. The average molecular weight is 509 g/mol. The molecule has 1 atom stereocenters. The highest BCUT2D eigenvalue weighted by molar-refractivity contribution is 9.11. The van der Waals surface area contributed by atoms with Gasteiger partial charge in [0.05, 0.1) is 17.2 Å². The van der Waals surface area contributed by atoms with Crippen molar-refractivity contribution in [3.63, 3.8) is 0 Å². The van der Waals surface area contributed by atoms with Gasteiger partial charge in [-0.3, -0.25) is 0 Å². The van der Waals surface area contributed by atoms with E-state index in [1.165, 1.54) is 11.3 Å². The number of aromatic nitrogens is 4. The minimum Gasteiger partial charge on any atom is -0.385 e. The van der Waals surface area contributed by atoms with Crippen LogP contribution < -0.4 is 4.90 Å². The van der Waals surface area contributed by atoms with E-state index in [0.717, 1.165) is 57.3 Å². The second kappa shape index (κ2) is 8.08. The number of ether oxygens (including phenoxy) is 1. The molecule has 0 fully saturated rings. The highest BCUT2D eigenvalue weighted by Crippen LogP contribution is 2.43. The Hall–Kier alpha value is -1.51. The third-order valence-corrected chi connectivity index (χ3v) is 6.34. The maximum atomic E-state index is 5.28. The van der Waals surface area contributed by atoms with Crippen LogP contribution in [0.5, 0.6) is 0 Å². The van der Waals surface area contributed by atoms with Crippen molar-refractivity contribution in [2.75, 3.05) is 25.2 Å². The summed E-state index contributed by atoms with van der Waals surface area (Å²) in [6.45, 7) is 5.79. The fourth-order valence-corrected chi connectivity index (χ4v) is 5.45. The van der Waals surface area contributed by atoms with E-state index in [4.69, 9.17) is 9.72 Å². The van der Waals surface area contributed by atoms with Crippen LogP contribution in [0.15, 0.2) is 27.1 Å². The molecule has 0 N–H and O–H groups in total. The minimum absolute atomic E-state index is 0.258. The third kappa shape index (κ3) is 3.46. The Morgan fingerprint density at radius 2 is 2.07 bits per heavy atom. The first-order chi connectivity index (χ1) is 13.5. The van der Waals surface area contributed by atoms with Crippen molar-refractivity contribution in [1.82, 2.24) is 20.0 Å². The highest BCUT2D eigenvalue weighted by Gasteiger charge is 2.28. The van der Waals surface area contributed by atoms with E-state index >= 15 is 0 Å². The second-order valence-corrected chi connectivity index (χ2v) is 8.90. The molecule has 6 nitrogen and oxygen atoms in total. The summed E-state index contributed by atoms with van der Waals surface area (Å²) >= 11 is 7.32. The maximum Gasteiger partial charge on any atom is 0.163 e. The number of pyridine rings is 1. The SMILES string of the molecule is CCC(CCOC)n1nnc2c(N3CCc4cc(Br)cc(Br)c43)nc(C)cc21. The molecule has 1 unspecified atom stereocenters. The van der Waals surface area contributed by atoms with Crippen molar-refractivity contribution in [2.45, 2.75) is 39.2 Å². The molecule has 1 aliphatic rings. The molecule has 4 rings (SSSR count). The lowest BCUT2D eigenvalue weighted by atomic mass is 10.1. The van der Waals surface area contributed by atoms with E-state index in [2.05, 4.69) is 72.2 Å². The average Bonchev–Trinajstić information content (AvgIpc) is 3.26. The van der Waals surface area contributed by atoms with Gasteiger partial charge in [-0.15, -0.1) is 5.10 Å². The van der Waals surface area contributed by atoms with Crippen LogP contribution >= 0.6 is 31.9 Å². The summed E-state index contributed by atoms with van der Waals surface area (Å²) in [5, 5.41) is 9.06. The molecule has 0 saturated carbocycles. The van der Waals surface area contributed by atoms with E-state index in [9.17, 15) is 0 Å². The number of hydrogen-bond acceptors (Lipinski definition) is 5. The van der Waals surface area contributed by atoms with Gasteiger partial charge in [-0.2, -0.15) is 0 Å². The zero-order valence-electron chi connectivity index (χ0n) is 16.2. The Bertz CT molecular complexity index is 1020. The van der Waals surface area contributed by atoms with Crippen LogP contribution in [0.3, 0.4) is 0 Å². The Kier molecular flexibility index (Phi) is 5.71. The van der Waals surface area contributed by atoms with E-state index in [0.29, 0.717) is 6.61 Å². The molecule has 0 aliphatic carbocycles. The topological polar surface area (TPSA) is 56.1 Å². The molecule has 0 saturated heterocycles. The highest BCUT2D eigenvalue weighted by atomic mass is 79.9. The summed E-state index contributed by atoms with van der Waals surface area (Å²) in [4.78, 5) is 7.12. The lowest BCUT2D eigenvalue weighted by Gasteiger charge is -2.21. The first-order valence-corrected chi connectivity index (χ1v) is 11.1. The van der Waals surface area contributed by atoms with Crippen LogP contribution in [-0.2, 0) is 11.2 Å². The quantitative estimate of drug-likeness (QED) is 0.449. The molecule has 0 spiro atoms. The molecule has 8 heteroatoms. The summed E-state index contributed by atoms with van der Waals surface area (Å²) < 4.78 is 9.47. The standard InChI is InChI=1S/C20H23Br2N5O/c1-4-15(6-8-28-3)27-17-9-12(2)23-20(18(17)24-25-27)26-7-5-13-10-14(21)11-16(22)19(13)26/h9-11,15H,4-8H2,1-3H3. The van der Waals surface area contributed by atoms with Crippen LogP contribution in [0.25, 0.3) is 11.0 Å². The monoisotopic (exact) mass is 507 g/mol. The number of anilines is 2. The van der Waals surface area contributed by atoms with Crippen LogP contribution in [0.1, 0.15) is 37.1 Å². The van der Waals surface area contributed by atoms with Gasteiger partial charge in [-0.05, 0) is 65.9 Å². The van der Waals surface area contributed by atoms with Crippen molar-refractivity contribution >= 4 is 54.4 Å². The second-order valence-electron chi connectivity index (χ2n) is 7.13. The number of methoxy groups -OCH3 is 1. The molecule has 3 aromatic rings. The Morgan fingerprint density at radius 1 is 1.25 bits per heavy atom. The molecular weight excluding hydrogens is 486 g/mol. The third-order valence-electron chi connectivity index (χ3n) is 5.28. The smallest absolute Gasteiger partial charge is 0.163 e. The van der Waals surface area contributed by atoms with E-state index in [1.54, 1.807) is 7.11 Å². The van der Waals surface area contributed by atoms with Gasteiger partial charge < -0.3 is 9.64 Å². The van der Waals surface area contributed by atoms with Gasteiger partial charge >= 0.3 is 0 Å². The first kappa shape index (κ1) is 19.8. The molecule has 1 aromatic carbocycles. The molecule has 0 radical (unpaired) electrons. The van der Waals surface area contributed by atoms with Crippen LogP contribution in [0.4, 0.5) is 11.5 Å². The fraction of sp³-hybridized carbons (Fsp3) is 0.450. The molecule has 1 aliphatic heterocycles. The van der Waals surface area contributed by atoms with Crippen molar-refractivity contribution in [3.8, 4) is 0 Å². The summed E-state index contributed by atoms with van der Waals surface area (Å²) in [5.74, 6) is 0.879. The van der Waals surface area contributed by atoms with Crippen LogP contribution in [-0.4, -0.2) is 40.2 Å². The molecule has 0 amide bonds. The number of nitrogens with zero attached hydrogens (tertiary/aromatic N) is 5. The van der Waals surface area contributed by atoms with Gasteiger partial charge in [-0.25, -0.2) is 9.67 Å². The van der Waals surface area contributed by atoms with Crippen molar-refractivity contribution in [3.05, 3.63) is 38.4 Å². The maximum absolute atomic E-state index is 5.28. The van der Waals surface area contributed by atoms with Crippen molar-refractivity contribution in [2.24, 2.45) is 0 Å². The molecular formula is C20H23Br2N5O. The Morgan fingerprint density at radius 3 is 2.82 bits per heavy atom. The van der Waals surface area contributed by atoms with E-state index < -0.39 is 0 Å². The molecule has 148 valence electrons. The van der Waals surface area contributed by atoms with Crippen LogP contribution in [0, 0.1) is 6.92 Å². The first-order valence-electron chi connectivity index (χ1n) is 9.50. The van der Waals surface area contributed by atoms with Gasteiger partial charge in [0, 0.05) is 34.9 Å². The summed E-state index contributed by atoms with van der Waals surface area (Å²) in [7, 11) is 1.74. The number of halogens is 2. The van der Waals surface area contributed by atoms with E-state index in [1.807, 2.05) is 11.6 Å². The molecule has 2 aromatic heterocycles.